The minimum absolute atomic E-state index is 0.175. The average Bonchev–Trinajstić information content (AvgIpc) is 3.45. The highest BCUT2D eigenvalue weighted by Crippen LogP contribution is 2.19. The Bertz CT molecular complexity index is 1060. The summed E-state index contributed by atoms with van der Waals surface area (Å²) in [4.78, 5) is 29.2. The zero-order valence-corrected chi connectivity index (χ0v) is 17.4. The van der Waals surface area contributed by atoms with Gasteiger partial charge in [-0.3, -0.25) is 13.8 Å². The zero-order chi connectivity index (χ0) is 21.1. The number of nitrogens with zero attached hydrogens (tertiary/aromatic N) is 2. The number of piperazine rings is 1. The molecule has 0 N–H and O–H groups in total. The second-order valence-corrected chi connectivity index (χ2v) is 8.50. The number of hydrogen-bond acceptors (Lipinski definition) is 5. The summed E-state index contributed by atoms with van der Waals surface area (Å²) in [7, 11) is -1.25. The van der Waals surface area contributed by atoms with Crippen LogP contribution in [0, 0.1) is 6.92 Å². The highest BCUT2D eigenvalue weighted by atomic mass is 32.2. The first-order valence-electron chi connectivity index (χ1n) is 9.67. The molecule has 0 unspecified atom stereocenters. The lowest BCUT2D eigenvalue weighted by Crippen LogP contribution is -2.50. The summed E-state index contributed by atoms with van der Waals surface area (Å²) in [6, 6.07) is 14.1. The van der Waals surface area contributed by atoms with E-state index in [2.05, 4.69) is 0 Å². The summed E-state index contributed by atoms with van der Waals surface area (Å²) in [6.45, 7) is 3.60. The van der Waals surface area contributed by atoms with Crippen molar-refractivity contribution in [2.24, 2.45) is 0 Å². The van der Waals surface area contributed by atoms with Crippen LogP contribution in [-0.2, 0) is 16.6 Å². The minimum atomic E-state index is -1.25. The Morgan fingerprint density at radius 2 is 1.57 bits per heavy atom. The van der Waals surface area contributed by atoms with Crippen LogP contribution in [0.2, 0.25) is 0 Å². The quantitative estimate of drug-likeness (QED) is 0.626. The highest BCUT2D eigenvalue weighted by molar-refractivity contribution is 7.84. The summed E-state index contributed by atoms with van der Waals surface area (Å²) >= 11 is 0. The number of hydrogen-bond donors (Lipinski definition) is 0. The van der Waals surface area contributed by atoms with Crippen LogP contribution in [0.5, 0.6) is 0 Å². The van der Waals surface area contributed by atoms with Gasteiger partial charge in [-0.2, -0.15) is 0 Å². The molecule has 2 aromatic heterocycles. The van der Waals surface area contributed by atoms with E-state index < -0.39 is 10.8 Å². The van der Waals surface area contributed by atoms with Crippen LogP contribution < -0.4 is 0 Å². The second kappa shape index (κ2) is 8.71. The molecule has 1 aromatic carbocycles. The maximum Gasteiger partial charge on any atom is 0.289 e. The summed E-state index contributed by atoms with van der Waals surface area (Å²) in [5.41, 5.74) is 0.959. The molecule has 0 saturated carbocycles. The zero-order valence-electron chi connectivity index (χ0n) is 16.6. The van der Waals surface area contributed by atoms with Gasteiger partial charge in [0.15, 0.2) is 11.5 Å². The van der Waals surface area contributed by atoms with Crippen molar-refractivity contribution < 1.29 is 22.6 Å². The van der Waals surface area contributed by atoms with Crippen molar-refractivity contribution in [2.75, 3.05) is 26.2 Å². The van der Waals surface area contributed by atoms with Gasteiger partial charge in [-0.15, -0.1) is 0 Å². The predicted octanol–water partition coefficient (Wildman–Crippen LogP) is 3.09. The Balaban J connectivity index is 1.35. The Morgan fingerprint density at radius 1 is 0.900 bits per heavy atom. The van der Waals surface area contributed by atoms with E-state index in [-0.39, 0.29) is 23.3 Å². The van der Waals surface area contributed by atoms with E-state index in [9.17, 15) is 13.8 Å². The van der Waals surface area contributed by atoms with Crippen molar-refractivity contribution in [1.29, 1.82) is 0 Å². The average molecular weight is 426 g/mol. The topological polar surface area (TPSA) is 84.0 Å². The molecule has 2 amide bonds. The van der Waals surface area contributed by atoms with Crippen molar-refractivity contribution in [3.05, 3.63) is 77.6 Å². The highest BCUT2D eigenvalue weighted by Gasteiger charge is 2.28. The molecular weight excluding hydrogens is 404 g/mol. The molecule has 3 heterocycles. The van der Waals surface area contributed by atoms with E-state index in [1.807, 2.05) is 31.2 Å². The molecule has 8 heteroatoms. The predicted molar refractivity (Wildman–Crippen MR) is 111 cm³/mol. The lowest BCUT2D eigenvalue weighted by atomic mass is 10.2. The fourth-order valence-corrected chi connectivity index (χ4v) is 4.64. The number of benzene rings is 1. The van der Waals surface area contributed by atoms with Gasteiger partial charge in [0.1, 0.15) is 5.76 Å². The Morgan fingerprint density at radius 3 is 2.20 bits per heavy atom. The van der Waals surface area contributed by atoms with E-state index in [4.69, 9.17) is 8.83 Å². The molecular formula is C22H22N2O5S. The molecule has 7 nitrogen and oxygen atoms in total. The van der Waals surface area contributed by atoms with Crippen molar-refractivity contribution in [1.82, 2.24) is 9.80 Å². The van der Waals surface area contributed by atoms with Crippen LogP contribution in [0.1, 0.15) is 32.4 Å². The molecule has 0 spiro atoms. The molecule has 1 aliphatic rings. The molecule has 1 saturated heterocycles. The molecule has 0 aliphatic carbocycles. The standard InChI is InChI=1S/C22H22N2O5S/c1-16-5-2-3-7-20(16)30(27)15-17-8-9-19(29-17)22(26)24-12-10-23(11-13-24)21(25)18-6-4-14-28-18/h2-9,14H,10-13,15H2,1H3/t30-/m0/s1. The Hall–Kier alpha value is -3.13. The van der Waals surface area contributed by atoms with Gasteiger partial charge < -0.3 is 18.6 Å². The maximum atomic E-state index is 12.8. The van der Waals surface area contributed by atoms with Gasteiger partial charge in [0, 0.05) is 31.1 Å². The van der Waals surface area contributed by atoms with Crippen molar-refractivity contribution in [3.63, 3.8) is 0 Å². The fraction of sp³-hybridized carbons (Fsp3) is 0.273. The number of carbonyl (C=O) groups excluding carboxylic acids is 2. The monoisotopic (exact) mass is 426 g/mol. The molecule has 0 bridgehead atoms. The summed E-state index contributed by atoms with van der Waals surface area (Å²) in [5.74, 6) is 0.833. The molecule has 4 rings (SSSR count). The van der Waals surface area contributed by atoms with Gasteiger partial charge in [0.25, 0.3) is 11.8 Å². The van der Waals surface area contributed by atoms with E-state index in [1.165, 1.54) is 6.26 Å². The van der Waals surface area contributed by atoms with E-state index in [1.54, 1.807) is 34.1 Å². The Kier molecular flexibility index (Phi) is 5.85. The molecule has 30 heavy (non-hydrogen) atoms. The van der Waals surface area contributed by atoms with E-state index >= 15 is 0 Å². The molecule has 1 fully saturated rings. The van der Waals surface area contributed by atoms with Crippen molar-refractivity contribution in [2.45, 2.75) is 17.6 Å². The number of amides is 2. The van der Waals surface area contributed by atoms with Crippen molar-refractivity contribution >= 4 is 22.6 Å². The first-order valence-corrected chi connectivity index (χ1v) is 11.0. The van der Waals surface area contributed by atoms with E-state index in [0.29, 0.717) is 37.7 Å². The summed E-state index contributed by atoms with van der Waals surface area (Å²) in [6.07, 6.45) is 1.47. The largest absolute Gasteiger partial charge is 0.459 e. The second-order valence-electron chi connectivity index (χ2n) is 7.08. The normalized spacial score (nSPS) is 15.2. The van der Waals surface area contributed by atoms with Crippen LogP contribution >= 0.6 is 0 Å². The van der Waals surface area contributed by atoms with E-state index in [0.717, 1.165) is 10.5 Å². The third kappa shape index (κ3) is 4.23. The van der Waals surface area contributed by atoms with Gasteiger partial charge in [-0.1, -0.05) is 18.2 Å². The number of furan rings is 2. The number of rotatable bonds is 5. The van der Waals surface area contributed by atoms with Gasteiger partial charge in [-0.25, -0.2) is 0 Å². The van der Waals surface area contributed by atoms with Crippen LogP contribution in [0.15, 0.2) is 68.5 Å². The third-order valence-corrected chi connectivity index (χ3v) is 6.57. The molecule has 3 aromatic rings. The lowest BCUT2D eigenvalue weighted by Gasteiger charge is -2.33. The third-order valence-electron chi connectivity index (χ3n) is 5.07. The molecule has 1 aliphatic heterocycles. The SMILES string of the molecule is Cc1ccccc1[S@@](=O)Cc1ccc(C(=O)N2CCN(C(=O)c3ccco3)CC2)o1. The van der Waals surface area contributed by atoms with Gasteiger partial charge >= 0.3 is 0 Å². The first-order chi connectivity index (χ1) is 14.5. The maximum absolute atomic E-state index is 12.8. The van der Waals surface area contributed by atoms with Crippen molar-refractivity contribution in [3.8, 4) is 0 Å². The van der Waals surface area contributed by atoms with Gasteiger partial charge in [-0.05, 0) is 42.8 Å². The summed E-state index contributed by atoms with van der Waals surface area (Å²) < 4.78 is 23.5. The first kappa shape index (κ1) is 20.2. The van der Waals surface area contributed by atoms with Crippen LogP contribution in [0.25, 0.3) is 0 Å². The van der Waals surface area contributed by atoms with Crippen LogP contribution in [0.3, 0.4) is 0 Å². The van der Waals surface area contributed by atoms with Gasteiger partial charge in [0.2, 0.25) is 0 Å². The molecule has 1 atom stereocenters. The molecule has 0 radical (unpaired) electrons. The lowest BCUT2D eigenvalue weighted by molar-refractivity contribution is 0.0501. The smallest absolute Gasteiger partial charge is 0.289 e. The van der Waals surface area contributed by atoms with Crippen LogP contribution in [0.4, 0.5) is 0 Å². The minimum Gasteiger partial charge on any atom is -0.459 e. The fourth-order valence-electron chi connectivity index (χ4n) is 3.41. The number of carbonyl (C=O) groups is 2. The van der Waals surface area contributed by atoms with Gasteiger partial charge in [0.05, 0.1) is 22.8 Å². The van der Waals surface area contributed by atoms with Crippen LogP contribution in [-0.4, -0.2) is 52.0 Å². The summed E-state index contributed by atoms with van der Waals surface area (Å²) in [5, 5.41) is 0. The Labute approximate surface area is 176 Å². The molecule has 156 valence electrons. The number of aryl methyl sites for hydroxylation is 1.